The van der Waals surface area contributed by atoms with Gasteiger partial charge in [-0.15, -0.1) is 11.6 Å². The summed E-state index contributed by atoms with van der Waals surface area (Å²) < 4.78 is 5.59. The number of aliphatic hydroxyl groups excluding tert-OH is 3. The van der Waals surface area contributed by atoms with Crippen molar-refractivity contribution in [2.45, 2.75) is 78.8 Å². The van der Waals surface area contributed by atoms with Gasteiger partial charge in [0, 0.05) is 29.6 Å². The Bertz CT molecular complexity index is 527. The van der Waals surface area contributed by atoms with Gasteiger partial charge in [-0.25, -0.2) is 0 Å². The van der Waals surface area contributed by atoms with Crippen LogP contribution in [0.4, 0.5) is 0 Å². The minimum Gasteiger partial charge on any atom is -0.462 e. The fraction of sp³-hybridized carbons (Fsp3) is 0.905. The topological polar surface area (TPSA) is 104 Å². The number of alkyl halides is 1. The quantitative estimate of drug-likeness (QED) is 0.468. The highest BCUT2D eigenvalue weighted by molar-refractivity contribution is 6.17. The summed E-state index contributed by atoms with van der Waals surface area (Å²) in [6, 6.07) is 0. The molecule has 0 radical (unpaired) electrons. The van der Waals surface area contributed by atoms with Gasteiger partial charge >= 0.3 is 5.97 Å². The van der Waals surface area contributed by atoms with E-state index in [-0.39, 0.29) is 23.5 Å². The molecule has 0 aliphatic carbocycles. The Morgan fingerprint density at radius 3 is 1.96 bits per heavy atom. The molecule has 3 N–H and O–H groups in total. The molecule has 10 unspecified atom stereocenters. The summed E-state index contributed by atoms with van der Waals surface area (Å²) in [5, 5.41) is 32.0. The number of ketones is 1. The van der Waals surface area contributed by atoms with Gasteiger partial charge in [0.25, 0.3) is 0 Å². The highest BCUT2D eigenvalue weighted by Gasteiger charge is 2.40. The molecule has 1 heterocycles. The van der Waals surface area contributed by atoms with Crippen molar-refractivity contribution in [3.63, 3.8) is 0 Å². The lowest BCUT2D eigenvalue weighted by Crippen LogP contribution is -2.45. The molecule has 0 saturated carbocycles. The lowest BCUT2D eigenvalue weighted by Gasteiger charge is -2.36. The lowest BCUT2D eigenvalue weighted by molar-refractivity contribution is -0.166. The zero-order valence-electron chi connectivity index (χ0n) is 17.8. The molecule has 0 aromatic carbocycles. The molecule has 1 fully saturated rings. The second-order valence-electron chi connectivity index (χ2n) is 8.74. The summed E-state index contributed by atoms with van der Waals surface area (Å²) in [5.41, 5.74) is 0. The smallest absolute Gasteiger partial charge is 0.311 e. The van der Waals surface area contributed by atoms with Crippen molar-refractivity contribution >= 4 is 23.4 Å². The number of hydrogen-bond donors (Lipinski definition) is 3. The van der Waals surface area contributed by atoms with Crippen LogP contribution in [0.15, 0.2) is 0 Å². The van der Waals surface area contributed by atoms with Crippen LogP contribution in [0.25, 0.3) is 0 Å². The Balaban J connectivity index is 3.25. The molecule has 1 saturated heterocycles. The maximum absolute atomic E-state index is 12.8. The maximum Gasteiger partial charge on any atom is 0.311 e. The minimum atomic E-state index is -1.09. The normalized spacial score (nSPS) is 44.6. The van der Waals surface area contributed by atoms with E-state index < -0.39 is 54.1 Å². The van der Waals surface area contributed by atoms with E-state index in [1.54, 1.807) is 34.6 Å². The van der Waals surface area contributed by atoms with Gasteiger partial charge in [-0.2, -0.15) is 0 Å². The molecule has 0 aromatic heterocycles. The van der Waals surface area contributed by atoms with Gasteiger partial charge in [0.1, 0.15) is 11.9 Å². The van der Waals surface area contributed by atoms with Gasteiger partial charge < -0.3 is 20.1 Å². The Kier molecular flexibility index (Phi) is 9.87. The average molecular weight is 421 g/mol. The zero-order chi connectivity index (χ0) is 21.8. The number of ether oxygens (including phenoxy) is 1. The van der Waals surface area contributed by atoms with Gasteiger partial charge in [-0.1, -0.05) is 34.6 Å². The first kappa shape index (κ1) is 25.3. The molecule has 1 aliphatic rings. The summed E-state index contributed by atoms with van der Waals surface area (Å²) in [6.07, 6.45) is -2.84. The van der Waals surface area contributed by atoms with Gasteiger partial charge in [-0.05, 0) is 25.7 Å². The van der Waals surface area contributed by atoms with Crippen LogP contribution >= 0.6 is 11.6 Å². The van der Waals surface area contributed by atoms with Crippen LogP contribution in [0, 0.1) is 35.5 Å². The van der Waals surface area contributed by atoms with E-state index >= 15 is 0 Å². The summed E-state index contributed by atoms with van der Waals surface area (Å²) in [7, 11) is 0. The van der Waals surface area contributed by atoms with Crippen molar-refractivity contribution in [2.24, 2.45) is 35.5 Å². The second-order valence-corrected chi connectivity index (χ2v) is 9.11. The Hall–Kier alpha value is -0.690. The monoisotopic (exact) mass is 420 g/mol. The number of esters is 1. The molecule has 28 heavy (non-hydrogen) atoms. The van der Waals surface area contributed by atoms with Gasteiger partial charge in [0.05, 0.1) is 24.2 Å². The Morgan fingerprint density at radius 1 is 0.893 bits per heavy atom. The van der Waals surface area contributed by atoms with Crippen LogP contribution in [0.2, 0.25) is 0 Å². The van der Waals surface area contributed by atoms with Crippen molar-refractivity contribution in [1.82, 2.24) is 0 Å². The molecule has 1 rings (SSSR count). The van der Waals surface area contributed by atoms with Crippen molar-refractivity contribution in [2.75, 3.05) is 5.88 Å². The van der Waals surface area contributed by atoms with E-state index in [1.165, 1.54) is 0 Å². The third kappa shape index (κ3) is 5.91. The maximum atomic E-state index is 12.8. The molecular formula is C21H37ClO6. The third-order valence-electron chi connectivity index (χ3n) is 6.50. The summed E-state index contributed by atoms with van der Waals surface area (Å²) >= 11 is 5.86. The van der Waals surface area contributed by atoms with Crippen LogP contribution < -0.4 is 0 Å². The molecule has 6 nitrogen and oxygen atoms in total. The molecule has 7 heteroatoms. The van der Waals surface area contributed by atoms with E-state index in [0.29, 0.717) is 12.8 Å². The number of Topliss-reactive ketones (excluding diaryl/α,β-unsaturated/α-hetero) is 1. The number of carbonyl (C=O) groups is 2. The van der Waals surface area contributed by atoms with E-state index in [2.05, 4.69) is 0 Å². The van der Waals surface area contributed by atoms with Crippen LogP contribution in [-0.4, -0.2) is 57.4 Å². The number of halogens is 1. The highest BCUT2D eigenvalue weighted by atomic mass is 35.5. The first-order valence-electron chi connectivity index (χ1n) is 10.3. The molecule has 0 spiro atoms. The zero-order valence-corrected chi connectivity index (χ0v) is 18.6. The second kappa shape index (κ2) is 10.9. The highest BCUT2D eigenvalue weighted by Crippen LogP contribution is 2.31. The van der Waals surface area contributed by atoms with E-state index in [0.717, 1.165) is 0 Å². The molecule has 164 valence electrons. The van der Waals surface area contributed by atoms with Gasteiger partial charge in [-0.3, -0.25) is 9.59 Å². The molecule has 0 aromatic rings. The van der Waals surface area contributed by atoms with Crippen LogP contribution in [0.1, 0.15) is 54.4 Å². The van der Waals surface area contributed by atoms with Crippen LogP contribution in [0.3, 0.4) is 0 Å². The molecule has 10 atom stereocenters. The van der Waals surface area contributed by atoms with Crippen molar-refractivity contribution in [3.05, 3.63) is 0 Å². The van der Waals surface area contributed by atoms with E-state index in [9.17, 15) is 24.9 Å². The lowest BCUT2D eigenvalue weighted by atomic mass is 9.77. The average Bonchev–Trinajstić information content (AvgIpc) is 2.67. The first-order chi connectivity index (χ1) is 12.9. The number of carbonyl (C=O) groups excluding carboxylic acids is 2. The number of cyclic esters (lactones) is 1. The molecular weight excluding hydrogens is 384 g/mol. The molecule has 0 bridgehead atoms. The predicted molar refractivity (Wildman–Crippen MR) is 108 cm³/mol. The standard InChI is InChI=1S/C21H37ClO6/c1-10-9-11(2)18(24)14(5)20(26)15(6)21(27)28-16(7-8-22)12(3)19(25)13(4)17(10)23/h10-16,18-20,24-26H,7-9H2,1-6H3. The number of rotatable bonds is 2. The Labute approximate surface area is 173 Å². The number of hydrogen-bond acceptors (Lipinski definition) is 6. The van der Waals surface area contributed by atoms with Crippen LogP contribution in [0.5, 0.6) is 0 Å². The minimum absolute atomic E-state index is 0.0898. The summed E-state index contributed by atoms with van der Waals surface area (Å²) in [4.78, 5) is 25.4. The molecule has 0 amide bonds. The van der Waals surface area contributed by atoms with Crippen molar-refractivity contribution in [3.8, 4) is 0 Å². The fourth-order valence-corrected chi connectivity index (χ4v) is 4.43. The van der Waals surface area contributed by atoms with Crippen molar-refractivity contribution in [1.29, 1.82) is 0 Å². The molecule has 1 aliphatic heterocycles. The Morgan fingerprint density at radius 2 is 1.43 bits per heavy atom. The summed E-state index contributed by atoms with van der Waals surface area (Å²) in [6.45, 7) is 10.3. The number of aliphatic hydroxyl groups is 3. The first-order valence-corrected chi connectivity index (χ1v) is 10.8. The van der Waals surface area contributed by atoms with Crippen molar-refractivity contribution < 1.29 is 29.6 Å². The predicted octanol–water partition coefficient (Wildman–Crippen LogP) is 2.40. The SMILES string of the molecule is CC1CC(C)C(O)C(C)C(O)C(C)C(=O)OC(CCCl)C(C)C(O)C(C)C1=O. The third-order valence-corrected chi connectivity index (χ3v) is 6.72. The van der Waals surface area contributed by atoms with Gasteiger partial charge in [0.15, 0.2) is 0 Å². The van der Waals surface area contributed by atoms with Crippen LogP contribution in [-0.2, 0) is 14.3 Å². The van der Waals surface area contributed by atoms with E-state index in [4.69, 9.17) is 16.3 Å². The van der Waals surface area contributed by atoms with E-state index in [1.807, 2.05) is 6.92 Å². The summed E-state index contributed by atoms with van der Waals surface area (Å²) in [5.74, 6) is -3.56. The fourth-order valence-electron chi connectivity index (χ4n) is 4.21. The van der Waals surface area contributed by atoms with Gasteiger partial charge in [0.2, 0.25) is 0 Å². The largest absolute Gasteiger partial charge is 0.462 e.